The van der Waals surface area contributed by atoms with Crippen molar-refractivity contribution in [2.45, 2.75) is 68.7 Å². The van der Waals surface area contributed by atoms with Gasteiger partial charge in [0.2, 0.25) is 0 Å². The fraction of sp³-hybridized carbons (Fsp3) is 0.444. The van der Waals surface area contributed by atoms with Crippen molar-refractivity contribution in [2.24, 2.45) is 11.3 Å². The Kier molecular flexibility index (Phi) is 13.5. The van der Waals surface area contributed by atoms with Crippen molar-refractivity contribution in [1.29, 1.82) is 0 Å². The van der Waals surface area contributed by atoms with Crippen molar-refractivity contribution in [1.82, 2.24) is 0 Å². The molecule has 0 radical (unpaired) electrons. The smallest absolute Gasteiger partial charge is 0.132 e. The summed E-state index contributed by atoms with van der Waals surface area (Å²) in [5.41, 5.74) is 3.18. The number of benzene rings is 1. The maximum atomic E-state index is 11.4. The summed E-state index contributed by atoms with van der Waals surface area (Å²) in [5, 5.41) is 2.01. The Balaban J connectivity index is 0. The Bertz CT molecular complexity index is 846. The van der Waals surface area contributed by atoms with E-state index >= 15 is 0 Å². The van der Waals surface area contributed by atoms with Gasteiger partial charge in [0.15, 0.2) is 0 Å². The maximum absolute atomic E-state index is 11.4. The van der Waals surface area contributed by atoms with E-state index in [-0.39, 0.29) is 17.1 Å². The van der Waals surface area contributed by atoms with E-state index in [1.165, 1.54) is 0 Å². The van der Waals surface area contributed by atoms with Gasteiger partial charge < -0.3 is 0 Å². The van der Waals surface area contributed by atoms with Crippen LogP contribution in [-0.4, -0.2) is 5.78 Å². The molecule has 1 rings (SSSR count). The largest absolute Gasteiger partial charge is 0.300 e. The Labute approximate surface area is 173 Å². The number of rotatable bonds is 4. The lowest BCUT2D eigenvalue weighted by Gasteiger charge is -2.09. The number of hydrogen-bond donors (Lipinski definition) is 0. The third kappa shape index (κ3) is 11.3. The molecule has 152 valence electrons. The molecule has 0 aliphatic carbocycles. The van der Waals surface area contributed by atoms with Crippen molar-refractivity contribution in [3.8, 4) is 24.7 Å². The van der Waals surface area contributed by atoms with Crippen LogP contribution in [0.1, 0.15) is 66.5 Å². The standard InChI is InChI=1S/C19H22O.C6H10.C2H6/c1-7-17(8-2)11-19-12-18(9-13(3)15(19)5)10-14(4)16(6)20;1-5-6(2,3)4;1-2/h1,8-9,11-12,14H,5,10H2,2-4,6H3;1H,2-4H3;1-2H3/b17-8-,19-11-;;. The predicted molar refractivity (Wildman–Crippen MR) is 126 cm³/mol. The van der Waals surface area contributed by atoms with Gasteiger partial charge in [0.25, 0.3) is 0 Å². The highest BCUT2D eigenvalue weighted by molar-refractivity contribution is 5.78. The van der Waals surface area contributed by atoms with Gasteiger partial charge in [-0.05, 0) is 75.6 Å². The number of carbonyl (C=O) groups excluding carboxylic acids is 1. The Morgan fingerprint density at radius 3 is 2.11 bits per heavy atom. The molecule has 1 atom stereocenters. The molecule has 0 saturated heterocycles. The molecule has 1 unspecified atom stereocenters. The van der Waals surface area contributed by atoms with Crippen LogP contribution in [-0.2, 0) is 11.2 Å². The monoisotopic (exact) mass is 378 g/mol. The minimum Gasteiger partial charge on any atom is -0.300 e. The second-order valence-corrected chi connectivity index (χ2v) is 7.62. The molecule has 0 fully saturated rings. The van der Waals surface area contributed by atoms with E-state index in [1.807, 2.05) is 67.5 Å². The van der Waals surface area contributed by atoms with Crippen LogP contribution in [0.5, 0.6) is 0 Å². The summed E-state index contributed by atoms with van der Waals surface area (Å²) in [7, 11) is 0. The molecule has 0 aliphatic heterocycles. The summed E-state index contributed by atoms with van der Waals surface area (Å²) >= 11 is 0. The Morgan fingerprint density at radius 2 is 1.75 bits per heavy atom. The highest BCUT2D eigenvalue weighted by Crippen LogP contribution is 2.09. The number of ketones is 1. The number of hydrogen-bond acceptors (Lipinski definition) is 1. The first-order chi connectivity index (χ1) is 12.9. The predicted octanol–water partition coefficient (Wildman–Crippen LogP) is 5.22. The van der Waals surface area contributed by atoms with Crippen LogP contribution < -0.4 is 10.4 Å². The van der Waals surface area contributed by atoms with Gasteiger partial charge in [-0.3, -0.25) is 4.79 Å². The zero-order chi connectivity index (χ0) is 22.5. The molecule has 0 heterocycles. The average Bonchev–Trinajstić information content (AvgIpc) is 2.64. The van der Waals surface area contributed by atoms with E-state index in [4.69, 9.17) is 12.8 Å². The van der Waals surface area contributed by atoms with Crippen LogP contribution >= 0.6 is 0 Å². The third-order valence-electron chi connectivity index (χ3n) is 4.02. The van der Waals surface area contributed by atoms with Crippen LogP contribution in [0.15, 0.2) is 23.8 Å². The van der Waals surface area contributed by atoms with Crippen LogP contribution in [0.3, 0.4) is 0 Å². The quantitative estimate of drug-likeness (QED) is 0.656. The van der Waals surface area contributed by atoms with Gasteiger partial charge >= 0.3 is 0 Å². The summed E-state index contributed by atoms with van der Waals surface area (Å²) < 4.78 is 0. The second-order valence-electron chi connectivity index (χ2n) is 7.62. The summed E-state index contributed by atoms with van der Waals surface area (Å²) in [6.07, 6.45) is 15.1. The molecule has 1 aromatic carbocycles. The van der Waals surface area contributed by atoms with Gasteiger partial charge in [-0.25, -0.2) is 0 Å². The summed E-state index contributed by atoms with van der Waals surface area (Å²) in [4.78, 5) is 11.4. The van der Waals surface area contributed by atoms with Crippen LogP contribution in [0.25, 0.3) is 12.7 Å². The van der Waals surface area contributed by atoms with E-state index < -0.39 is 0 Å². The van der Waals surface area contributed by atoms with Crippen molar-refractivity contribution in [3.63, 3.8) is 0 Å². The fourth-order valence-electron chi connectivity index (χ4n) is 2.04. The first kappa shape index (κ1) is 27.7. The lowest BCUT2D eigenvalue weighted by Crippen LogP contribution is -2.27. The van der Waals surface area contributed by atoms with Gasteiger partial charge in [0, 0.05) is 16.9 Å². The maximum Gasteiger partial charge on any atom is 0.132 e. The average molecular weight is 379 g/mol. The molecule has 0 saturated carbocycles. The molecule has 0 N–H and O–H groups in total. The minimum absolute atomic E-state index is 0.0340. The molecule has 0 spiro atoms. The van der Waals surface area contributed by atoms with Crippen LogP contribution in [0.4, 0.5) is 0 Å². The molecule has 0 amide bonds. The van der Waals surface area contributed by atoms with Crippen molar-refractivity contribution < 1.29 is 4.79 Å². The molecule has 0 aliphatic rings. The molecular weight excluding hydrogens is 340 g/mol. The normalized spacial score (nSPS) is 12.4. The molecule has 0 bridgehead atoms. The summed E-state index contributed by atoms with van der Waals surface area (Å²) in [6, 6.07) is 4.18. The SMILES string of the molecule is C#CC(/C=c1/cc(CC(C)C(C)=O)cc(C)c1=C)=C/C.C#CC(C)(C)C.CC. The van der Waals surface area contributed by atoms with E-state index in [0.717, 1.165) is 33.6 Å². The van der Waals surface area contributed by atoms with E-state index in [1.54, 1.807) is 6.92 Å². The molecule has 0 aromatic heterocycles. The molecule has 28 heavy (non-hydrogen) atoms. The topological polar surface area (TPSA) is 17.1 Å². The van der Waals surface area contributed by atoms with Gasteiger partial charge in [-0.15, -0.1) is 18.8 Å². The third-order valence-corrected chi connectivity index (χ3v) is 4.02. The number of Topliss-reactive ketones (excluding diaryl/α,β-unsaturated/α-hetero) is 1. The Morgan fingerprint density at radius 1 is 1.25 bits per heavy atom. The lowest BCUT2D eigenvalue weighted by atomic mass is 9.95. The summed E-state index contributed by atoms with van der Waals surface area (Å²) in [6.45, 7) is 21.7. The van der Waals surface area contributed by atoms with Crippen molar-refractivity contribution in [3.05, 3.63) is 45.3 Å². The van der Waals surface area contributed by atoms with Gasteiger partial charge in [-0.2, -0.15) is 0 Å². The van der Waals surface area contributed by atoms with Gasteiger partial charge in [-0.1, -0.05) is 51.5 Å². The van der Waals surface area contributed by atoms with Crippen LogP contribution in [0, 0.1) is 42.9 Å². The minimum atomic E-state index is 0.0340. The highest BCUT2D eigenvalue weighted by Gasteiger charge is 2.09. The fourth-order valence-corrected chi connectivity index (χ4v) is 2.04. The molecule has 1 nitrogen and oxygen atoms in total. The zero-order valence-electron chi connectivity index (χ0n) is 19.4. The Hall–Kier alpha value is -2.51. The first-order valence-corrected chi connectivity index (χ1v) is 9.86. The van der Waals surface area contributed by atoms with Crippen molar-refractivity contribution >= 4 is 18.4 Å². The summed E-state index contributed by atoms with van der Waals surface area (Å²) in [5.74, 6) is 5.50. The zero-order valence-corrected chi connectivity index (χ0v) is 19.4. The lowest BCUT2D eigenvalue weighted by molar-refractivity contribution is -0.120. The first-order valence-electron chi connectivity index (χ1n) is 9.86. The highest BCUT2D eigenvalue weighted by atomic mass is 16.1. The molecular formula is C27H38O. The number of carbonyl (C=O) groups is 1. The number of allylic oxidation sites excluding steroid dienone is 2. The molecule has 1 aromatic rings. The van der Waals surface area contributed by atoms with E-state index in [9.17, 15) is 4.79 Å². The van der Waals surface area contributed by atoms with E-state index in [0.29, 0.717) is 0 Å². The van der Waals surface area contributed by atoms with E-state index in [2.05, 4.69) is 30.6 Å². The van der Waals surface area contributed by atoms with Gasteiger partial charge in [0.05, 0.1) is 0 Å². The number of terminal acetylenes is 2. The number of aryl methyl sites for hydroxylation is 1. The second kappa shape index (κ2) is 13.6. The van der Waals surface area contributed by atoms with Crippen LogP contribution in [0.2, 0.25) is 0 Å². The molecule has 1 heteroatoms. The van der Waals surface area contributed by atoms with Gasteiger partial charge in [0.1, 0.15) is 5.78 Å². The van der Waals surface area contributed by atoms with Crippen molar-refractivity contribution in [2.75, 3.05) is 0 Å².